The molecule has 0 radical (unpaired) electrons. The minimum Gasteiger partial charge on any atom is -0.392 e. The van der Waals surface area contributed by atoms with Gasteiger partial charge in [-0.15, -0.1) is 0 Å². The first kappa shape index (κ1) is 11.8. The lowest BCUT2D eigenvalue weighted by Gasteiger charge is -2.23. The van der Waals surface area contributed by atoms with Crippen LogP contribution in [-0.2, 0) is 4.79 Å². The van der Waals surface area contributed by atoms with Gasteiger partial charge in [0, 0.05) is 26.0 Å². The van der Waals surface area contributed by atoms with Crippen LogP contribution in [0.3, 0.4) is 0 Å². The van der Waals surface area contributed by atoms with Gasteiger partial charge in [0.05, 0.1) is 6.10 Å². The second kappa shape index (κ2) is 4.98. The van der Waals surface area contributed by atoms with Crippen molar-refractivity contribution in [3.05, 3.63) is 24.5 Å². The van der Waals surface area contributed by atoms with Crippen molar-refractivity contribution in [2.75, 3.05) is 13.6 Å². The maximum Gasteiger partial charge on any atom is 0.245 e. The third-order valence-electron chi connectivity index (χ3n) is 2.35. The van der Waals surface area contributed by atoms with Crippen molar-refractivity contribution in [2.24, 2.45) is 0 Å². The normalized spacial score (nSPS) is 14.7. The molecule has 1 N–H and O–H groups in total. The fourth-order valence-electron chi connectivity index (χ4n) is 1.54. The van der Waals surface area contributed by atoms with Gasteiger partial charge in [0.2, 0.25) is 5.91 Å². The summed E-state index contributed by atoms with van der Waals surface area (Å²) in [6.45, 7) is 3.88. The Morgan fingerprint density at radius 1 is 1.40 bits per heavy atom. The number of aromatic nitrogens is 1. The monoisotopic (exact) mass is 210 g/mol. The van der Waals surface area contributed by atoms with Crippen LogP contribution in [0.25, 0.3) is 0 Å². The quantitative estimate of drug-likeness (QED) is 0.802. The molecule has 4 nitrogen and oxygen atoms in total. The van der Waals surface area contributed by atoms with Gasteiger partial charge < -0.3 is 14.6 Å². The Morgan fingerprint density at radius 3 is 2.40 bits per heavy atom. The van der Waals surface area contributed by atoms with Gasteiger partial charge in [0.1, 0.15) is 6.04 Å². The average molecular weight is 210 g/mol. The van der Waals surface area contributed by atoms with Crippen LogP contribution < -0.4 is 0 Å². The highest BCUT2D eigenvalue weighted by molar-refractivity contribution is 5.79. The van der Waals surface area contributed by atoms with Crippen molar-refractivity contribution in [3.63, 3.8) is 0 Å². The molecule has 0 saturated heterocycles. The number of hydrogen-bond donors (Lipinski definition) is 1. The van der Waals surface area contributed by atoms with Crippen LogP contribution in [-0.4, -0.2) is 40.2 Å². The van der Waals surface area contributed by atoms with Gasteiger partial charge in [-0.2, -0.15) is 0 Å². The maximum absolute atomic E-state index is 11.9. The fraction of sp³-hybridized carbons (Fsp3) is 0.545. The first-order valence-corrected chi connectivity index (χ1v) is 5.08. The lowest BCUT2D eigenvalue weighted by atomic mass is 10.2. The molecule has 1 aromatic heterocycles. The molecule has 1 aromatic rings. The number of carbonyl (C=O) groups excluding carboxylic acids is 1. The SMILES string of the molecule is C[C@H](O)CN(C)C(=O)[C@H](C)n1cccc1. The highest BCUT2D eigenvalue weighted by Gasteiger charge is 2.18. The summed E-state index contributed by atoms with van der Waals surface area (Å²) in [5, 5.41) is 9.18. The Kier molecular flexibility index (Phi) is 3.91. The molecule has 4 heteroatoms. The number of carbonyl (C=O) groups is 1. The van der Waals surface area contributed by atoms with Gasteiger partial charge in [-0.05, 0) is 26.0 Å². The lowest BCUT2D eigenvalue weighted by Crippen LogP contribution is -2.37. The van der Waals surface area contributed by atoms with Gasteiger partial charge in [0.25, 0.3) is 0 Å². The van der Waals surface area contributed by atoms with Crippen molar-refractivity contribution in [1.29, 1.82) is 0 Å². The zero-order valence-electron chi connectivity index (χ0n) is 9.42. The molecular weight excluding hydrogens is 192 g/mol. The van der Waals surface area contributed by atoms with Crippen molar-refractivity contribution in [2.45, 2.75) is 26.0 Å². The maximum atomic E-state index is 11.9. The smallest absolute Gasteiger partial charge is 0.245 e. The molecule has 0 aliphatic carbocycles. The highest BCUT2D eigenvalue weighted by atomic mass is 16.3. The summed E-state index contributed by atoms with van der Waals surface area (Å²) in [5.41, 5.74) is 0. The van der Waals surface area contributed by atoms with Crippen LogP contribution >= 0.6 is 0 Å². The number of rotatable bonds is 4. The van der Waals surface area contributed by atoms with E-state index in [4.69, 9.17) is 0 Å². The minimum absolute atomic E-state index is 0.00657. The fourth-order valence-corrected chi connectivity index (χ4v) is 1.54. The van der Waals surface area contributed by atoms with Crippen LogP contribution in [0.2, 0.25) is 0 Å². The lowest BCUT2D eigenvalue weighted by molar-refractivity contribution is -0.134. The number of aliphatic hydroxyl groups is 1. The van der Waals surface area contributed by atoms with E-state index in [9.17, 15) is 9.90 Å². The van der Waals surface area contributed by atoms with Crippen molar-refractivity contribution >= 4 is 5.91 Å². The van der Waals surface area contributed by atoms with Gasteiger partial charge in [-0.25, -0.2) is 0 Å². The van der Waals surface area contributed by atoms with Gasteiger partial charge in [0.15, 0.2) is 0 Å². The van der Waals surface area contributed by atoms with Crippen LogP contribution in [0.4, 0.5) is 0 Å². The third-order valence-corrected chi connectivity index (χ3v) is 2.35. The summed E-state index contributed by atoms with van der Waals surface area (Å²) in [7, 11) is 1.70. The summed E-state index contributed by atoms with van der Waals surface area (Å²) >= 11 is 0. The molecule has 1 amide bonds. The van der Waals surface area contributed by atoms with E-state index in [1.165, 1.54) is 0 Å². The number of nitrogens with zero attached hydrogens (tertiary/aromatic N) is 2. The van der Waals surface area contributed by atoms with E-state index < -0.39 is 6.10 Å². The molecule has 1 heterocycles. The van der Waals surface area contributed by atoms with E-state index in [1.807, 2.05) is 36.0 Å². The van der Waals surface area contributed by atoms with Crippen LogP contribution in [0.15, 0.2) is 24.5 Å². The topological polar surface area (TPSA) is 45.5 Å². The second-order valence-corrected chi connectivity index (χ2v) is 3.87. The second-order valence-electron chi connectivity index (χ2n) is 3.87. The molecule has 1 rings (SSSR count). The van der Waals surface area contributed by atoms with Gasteiger partial charge in [-0.3, -0.25) is 4.79 Å². The van der Waals surface area contributed by atoms with E-state index in [0.717, 1.165) is 0 Å². The number of likely N-dealkylation sites (N-methyl/N-ethyl adjacent to an activating group) is 1. The van der Waals surface area contributed by atoms with E-state index >= 15 is 0 Å². The molecule has 0 aromatic carbocycles. The molecule has 0 bridgehead atoms. The van der Waals surface area contributed by atoms with Crippen LogP contribution in [0, 0.1) is 0 Å². The van der Waals surface area contributed by atoms with Crippen LogP contribution in [0.1, 0.15) is 19.9 Å². The third kappa shape index (κ3) is 3.09. The Balaban J connectivity index is 2.60. The Labute approximate surface area is 90.1 Å². The predicted molar refractivity (Wildman–Crippen MR) is 58.5 cm³/mol. The Bertz CT molecular complexity index is 306. The number of aliphatic hydroxyl groups excluding tert-OH is 1. The summed E-state index contributed by atoms with van der Waals surface area (Å²) in [6.07, 6.45) is 3.23. The summed E-state index contributed by atoms with van der Waals surface area (Å²) in [5.74, 6) is 0.00657. The van der Waals surface area contributed by atoms with Crippen molar-refractivity contribution < 1.29 is 9.90 Å². The average Bonchev–Trinajstić information content (AvgIpc) is 2.67. The first-order chi connectivity index (χ1) is 7.02. The molecule has 0 unspecified atom stereocenters. The largest absolute Gasteiger partial charge is 0.392 e. The first-order valence-electron chi connectivity index (χ1n) is 5.08. The van der Waals surface area contributed by atoms with E-state index in [2.05, 4.69) is 0 Å². The zero-order chi connectivity index (χ0) is 11.4. The highest BCUT2D eigenvalue weighted by Crippen LogP contribution is 2.09. The van der Waals surface area contributed by atoms with E-state index in [0.29, 0.717) is 6.54 Å². The summed E-state index contributed by atoms with van der Waals surface area (Å²) < 4.78 is 1.85. The van der Waals surface area contributed by atoms with Crippen LogP contribution in [0.5, 0.6) is 0 Å². The van der Waals surface area contributed by atoms with Crippen molar-refractivity contribution in [3.8, 4) is 0 Å². The standard InChI is InChI=1S/C11H18N2O2/c1-9(14)8-12(3)11(15)10(2)13-6-4-5-7-13/h4-7,9-10,14H,8H2,1-3H3/t9-,10-/m0/s1. The molecule has 0 saturated carbocycles. The predicted octanol–water partition coefficient (Wildman–Crippen LogP) is 0.888. The Morgan fingerprint density at radius 2 is 1.93 bits per heavy atom. The van der Waals surface area contributed by atoms with Gasteiger partial charge in [-0.1, -0.05) is 0 Å². The molecule has 0 aliphatic heterocycles. The summed E-state index contributed by atoms with van der Waals surface area (Å²) in [4.78, 5) is 13.4. The summed E-state index contributed by atoms with van der Waals surface area (Å²) in [6, 6.07) is 3.56. The molecule has 2 atom stereocenters. The molecule has 15 heavy (non-hydrogen) atoms. The molecule has 84 valence electrons. The van der Waals surface area contributed by atoms with E-state index in [-0.39, 0.29) is 11.9 Å². The molecule has 0 aliphatic rings. The number of hydrogen-bond acceptors (Lipinski definition) is 2. The molecule has 0 fully saturated rings. The minimum atomic E-state index is -0.490. The zero-order valence-corrected chi connectivity index (χ0v) is 9.42. The van der Waals surface area contributed by atoms with E-state index in [1.54, 1.807) is 18.9 Å². The molecular formula is C11H18N2O2. The van der Waals surface area contributed by atoms with Gasteiger partial charge >= 0.3 is 0 Å². The Hall–Kier alpha value is -1.29. The molecule has 0 spiro atoms. The number of amides is 1. The van der Waals surface area contributed by atoms with Crippen molar-refractivity contribution in [1.82, 2.24) is 9.47 Å².